The van der Waals surface area contributed by atoms with Gasteiger partial charge < -0.3 is 19.7 Å². The standard InChI is InChI=1S/2C26H24O3/c2*1-20-9-7-15-24(26(20)29-19-21-10-3-2-4-11-21)16-8-14-22-12-5-6-13-23(22)17-18-25(27)28/h2-13,15-18H,14,19H2,1H3,(H,27,28);2-15,17-18H,16,19H2,1H3,(H,27,28)/b16-8+,18-17+;14-8+,18-17+. The maximum absolute atomic E-state index is 10.8. The van der Waals surface area contributed by atoms with Crippen LogP contribution in [0, 0.1) is 13.8 Å². The highest BCUT2D eigenvalue weighted by Crippen LogP contribution is 2.27. The number of para-hydroxylation sites is 2. The minimum atomic E-state index is -0.955. The fourth-order valence-corrected chi connectivity index (χ4v) is 6.19. The molecule has 6 nitrogen and oxygen atoms in total. The van der Waals surface area contributed by atoms with Gasteiger partial charge in [-0.15, -0.1) is 0 Å². The Labute approximate surface area is 341 Å². The van der Waals surface area contributed by atoms with Crippen molar-refractivity contribution < 1.29 is 29.3 Å². The third kappa shape index (κ3) is 13.5. The number of carboxylic acid groups (broad SMARTS) is 2. The van der Waals surface area contributed by atoms with Gasteiger partial charge in [-0.1, -0.05) is 170 Å². The van der Waals surface area contributed by atoms with E-state index in [4.69, 9.17) is 19.7 Å². The third-order valence-electron chi connectivity index (χ3n) is 9.12. The minimum absolute atomic E-state index is 0.523. The second-order valence-electron chi connectivity index (χ2n) is 13.5. The van der Waals surface area contributed by atoms with E-state index in [1.165, 1.54) is 6.08 Å². The number of rotatable bonds is 16. The van der Waals surface area contributed by atoms with Gasteiger partial charge >= 0.3 is 11.9 Å². The van der Waals surface area contributed by atoms with E-state index < -0.39 is 11.9 Å². The smallest absolute Gasteiger partial charge is 0.328 e. The van der Waals surface area contributed by atoms with Crippen LogP contribution in [0.2, 0.25) is 0 Å². The highest BCUT2D eigenvalue weighted by molar-refractivity contribution is 5.86. The van der Waals surface area contributed by atoms with Crippen LogP contribution >= 0.6 is 0 Å². The largest absolute Gasteiger partial charge is 0.488 e. The maximum Gasteiger partial charge on any atom is 0.328 e. The average Bonchev–Trinajstić information content (AvgIpc) is 3.23. The molecule has 0 aliphatic heterocycles. The van der Waals surface area contributed by atoms with E-state index in [-0.39, 0.29) is 0 Å². The molecule has 0 spiro atoms. The summed E-state index contributed by atoms with van der Waals surface area (Å²) in [5.41, 5.74) is 10.4. The lowest BCUT2D eigenvalue weighted by atomic mass is 10.0. The third-order valence-corrected chi connectivity index (χ3v) is 9.12. The minimum Gasteiger partial charge on any atom is -0.488 e. The van der Waals surface area contributed by atoms with Crippen molar-refractivity contribution in [2.24, 2.45) is 0 Å². The van der Waals surface area contributed by atoms with E-state index in [9.17, 15) is 9.59 Å². The first kappa shape index (κ1) is 42.0. The molecule has 6 aromatic rings. The van der Waals surface area contributed by atoms with E-state index in [2.05, 4.69) is 61.5 Å². The molecule has 6 heteroatoms. The molecule has 0 amide bonds. The van der Waals surface area contributed by atoms with Crippen LogP contribution in [0.1, 0.15) is 55.6 Å². The fourth-order valence-electron chi connectivity index (χ4n) is 6.19. The SMILES string of the molecule is Cc1cccc(/C=C/Cc2ccccc2/C=C/C(=O)O)c1OCc1ccccc1.Cc1cccc(C/C=C/c2ccccc2/C=C/C(=O)O)c1OCc1ccccc1. The molecule has 292 valence electrons. The van der Waals surface area contributed by atoms with Crippen molar-refractivity contribution in [1.82, 2.24) is 0 Å². The van der Waals surface area contributed by atoms with Crippen molar-refractivity contribution in [1.29, 1.82) is 0 Å². The summed E-state index contributed by atoms with van der Waals surface area (Å²) in [6, 6.07) is 48.0. The lowest BCUT2D eigenvalue weighted by molar-refractivity contribution is -0.132. The predicted octanol–water partition coefficient (Wildman–Crippen LogP) is 11.9. The van der Waals surface area contributed by atoms with Crippen LogP contribution < -0.4 is 9.47 Å². The summed E-state index contributed by atoms with van der Waals surface area (Å²) in [6.07, 6.45) is 15.2. The van der Waals surface area contributed by atoms with Crippen LogP contribution in [0.25, 0.3) is 24.3 Å². The van der Waals surface area contributed by atoms with Crippen molar-refractivity contribution in [2.75, 3.05) is 0 Å². The molecule has 6 aromatic carbocycles. The topological polar surface area (TPSA) is 93.1 Å². The van der Waals surface area contributed by atoms with Gasteiger partial charge in [-0.3, -0.25) is 0 Å². The molecule has 2 N–H and O–H groups in total. The molecular formula is C52H48O6. The lowest BCUT2D eigenvalue weighted by Gasteiger charge is -2.13. The van der Waals surface area contributed by atoms with E-state index in [1.54, 1.807) is 12.2 Å². The maximum atomic E-state index is 10.8. The van der Waals surface area contributed by atoms with E-state index >= 15 is 0 Å². The molecule has 0 saturated carbocycles. The molecule has 0 aliphatic carbocycles. The number of ether oxygens (including phenoxy) is 2. The zero-order chi connectivity index (χ0) is 41.0. The Kier molecular flexibility index (Phi) is 16.2. The van der Waals surface area contributed by atoms with Gasteiger partial charge in [0.25, 0.3) is 0 Å². The molecule has 6 rings (SSSR count). The van der Waals surface area contributed by atoms with Gasteiger partial charge in [-0.25, -0.2) is 9.59 Å². The Morgan fingerprint density at radius 1 is 0.448 bits per heavy atom. The summed E-state index contributed by atoms with van der Waals surface area (Å²) < 4.78 is 12.3. The summed E-state index contributed by atoms with van der Waals surface area (Å²) in [4.78, 5) is 21.6. The highest BCUT2D eigenvalue weighted by Gasteiger charge is 2.08. The van der Waals surface area contributed by atoms with Gasteiger partial charge in [0.1, 0.15) is 24.7 Å². The number of benzene rings is 6. The van der Waals surface area contributed by atoms with E-state index in [0.717, 1.165) is 79.6 Å². The van der Waals surface area contributed by atoms with Crippen molar-refractivity contribution in [3.63, 3.8) is 0 Å². The Balaban J connectivity index is 0.000000221. The first-order valence-corrected chi connectivity index (χ1v) is 19.1. The highest BCUT2D eigenvalue weighted by atomic mass is 16.5. The van der Waals surface area contributed by atoms with Crippen molar-refractivity contribution in [3.8, 4) is 11.5 Å². The number of carbonyl (C=O) groups is 2. The first-order chi connectivity index (χ1) is 28.3. The molecule has 0 bridgehead atoms. The second kappa shape index (κ2) is 22.4. The monoisotopic (exact) mass is 768 g/mol. The van der Waals surface area contributed by atoms with E-state index in [1.807, 2.05) is 122 Å². The molecule has 0 fully saturated rings. The van der Waals surface area contributed by atoms with Crippen molar-refractivity contribution >= 4 is 36.2 Å². The van der Waals surface area contributed by atoms with Gasteiger partial charge in [-0.05, 0) is 88.9 Å². The zero-order valence-corrected chi connectivity index (χ0v) is 32.8. The van der Waals surface area contributed by atoms with E-state index in [0.29, 0.717) is 19.6 Å². The van der Waals surface area contributed by atoms with Gasteiger partial charge in [0, 0.05) is 17.7 Å². The van der Waals surface area contributed by atoms with Gasteiger partial charge in [0.05, 0.1) is 0 Å². The Hall–Kier alpha value is -7.18. The molecule has 0 heterocycles. The molecular weight excluding hydrogens is 721 g/mol. The Morgan fingerprint density at radius 3 is 1.47 bits per heavy atom. The van der Waals surface area contributed by atoms with Crippen molar-refractivity contribution in [3.05, 3.63) is 226 Å². The summed E-state index contributed by atoms with van der Waals surface area (Å²) >= 11 is 0. The molecule has 0 unspecified atom stereocenters. The van der Waals surface area contributed by atoms with Crippen LogP contribution in [0.15, 0.2) is 170 Å². The number of aryl methyl sites for hydroxylation is 2. The molecule has 0 aromatic heterocycles. The number of carboxylic acids is 2. The quantitative estimate of drug-likeness (QED) is 0.0953. The normalized spacial score (nSPS) is 11.2. The number of hydrogen-bond donors (Lipinski definition) is 2. The number of aliphatic carboxylic acids is 2. The predicted molar refractivity (Wildman–Crippen MR) is 236 cm³/mol. The zero-order valence-electron chi connectivity index (χ0n) is 32.8. The molecule has 58 heavy (non-hydrogen) atoms. The molecule has 0 saturated heterocycles. The van der Waals surface area contributed by atoms with Gasteiger partial charge in [0.15, 0.2) is 0 Å². The van der Waals surface area contributed by atoms with Crippen LogP contribution in [0.3, 0.4) is 0 Å². The first-order valence-electron chi connectivity index (χ1n) is 19.1. The van der Waals surface area contributed by atoms with Crippen LogP contribution in [0.5, 0.6) is 11.5 Å². The van der Waals surface area contributed by atoms with Crippen LogP contribution in [-0.2, 0) is 35.6 Å². The summed E-state index contributed by atoms with van der Waals surface area (Å²) in [7, 11) is 0. The van der Waals surface area contributed by atoms with Crippen molar-refractivity contribution in [2.45, 2.75) is 39.9 Å². The van der Waals surface area contributed by atoms with Crippen LogP contribution in [0.4, 0.5) is 0 Å². The molecule has 0 atom stereocenters. The summed E-state index contributed by atoms with van der Waals surface area (Å²) in [6.45, 7) is 5.16. The van der Waals surface area contributed by atoms with Crippen LogP contribution in [-0.4, -0.2) is 22.2 Å². The summed E-state index contributed by atoms with van der Waals surface area (Å²) in [5, 5.41) is 17.7. The number of allylic oxidation sites excluding steroid dienone is 2. The second-order valence-corrected chi connectivity index (χ2v) is 13.5. The fraction of sp³-hybridized carbons (Fsp3) is 0.115. The molecule has 0 aliphatic rings. The van der Waals surface area contributed by atoms with Gasteiger partial charge in [-0.2, -0.15) is 0 Å². The Morgan fingerprint density at radius 2 is 0.862 bits per heavy atom. The average molecular weight is 769 g/mol. The summed E-state index contributed by atoms with van der Waals surface area (Å²) in [5.74, 6) is -0.106. The molecule has 0 radical (unpaired) electrons. The lowest BCUT2D eigenvalue weighted by Crippen LogP contribution is -2.00. The van der Waals surface area contributed by atoms with Gasteiger partial charge in [0.2, 0.25) is 0 Å². The Bertz CT molecular complexity index is 2370. The number of hydrogen-bond acceptors (Lipinski definition) is 4.